The van der Waals surface area contributed by atoms with E-state index in [1.807, 2.05) is 0 Å². The van der Waals surface area contributed by atoms with Crippen LogP contribution in [0.5, 0.6) is 0 Å². The summed E-state index contributed by atoms with van der Waals surface area (Å²) < 4.78 is 4.91. The Labute approximate surface area is 358 Å². The number of para-hydroxylation sites is 2. The summed E-state index contributed by atoms with van der Waals surface area (Å²) in [6.07, 6.45) is 0. The quantitative estimate of drug-likeness (QED) is 0.154. The largest absolute Gasteiger partial charge is 0.309 e. The molecule has 2 aromatic heterocycles. The Morgan fingerprint density at radius 1 is 0.177 bits per heavy atom. The molecule has 0 aliphatic heterocycles. The SMILES string of the molecule is c1ccc(-c2cc(-c3ccccc3)cc(-n3c4ccccc4c4ccc(-c5ccc6c(c5)c5ccccc5n6-c5ccc6c7ccccc7c7ccccc7c6c5)cc43)c2)cc1. The number of fused-ring (bicyclic) bond motifs is 12. The molecule has 0 saturated carbocycles. The molecule has 0 atom stereocenters. The van der Waals surface area contributed by atoms with Gasteiger partial charge in [0.2, 0.25) is 0 Å². The lowest BCUT2D eigenvalue weighted by molar-refractivity contribution is 1.18. The van der Waals surface area contributed by atoms with Crippen molar-refractivity contribution in [1.82, 2.24) is 9.13 Å². The van der Waals surface area contributed by atoms with Gasteiger partial charge >= 0.3 is 0 Å². The second kappa shape index (κ2) is 13.7. The minimum atomic E-state index is 1.14. The van der Waals surface area contributed by atoms with Crippen molar-refractivity contribution in [2.45, 2.75) is 0 Å². The van der Waals surface area contributed by atoms with Gasteiger partial charge in [-0.2, -0.15) is 0 Å². The van der Waals surface area contributed by atoms with E-state index in [-0.39, 0.29) is 0 Å². The fourth-order valence-corrected chi connectivity index (χ4v) is 10.2. The van der Waals surface area contributed by atoms with Gasteiger partial charge < -0.3 is 9.13 Å². The van der Waals surface area contributed by atoms with Crippen molar-refractivity contribution in [3.63, 3.8) is 0 Å². The van der Waals surface area contributed by atoms with Crippen LogP contribution < -0.4 is 0 Å². The lowest BCUT2D eigenvalue weighted by atomic mass is 9.94. The highest BCUT2D eigenvalue weighted by Crippen LogP contribution is 2.41. The van der Waals surface area contributed by atoms with Crippen LogP contribution in [0.2, 0.25) is 0 Å². The molecule has 0 bridgehead atoms. The molecule has 2 heterocycles. The smallest absolute Gasteiger partial charge is 0.0547 e. The number of hydrogen-bond donors (Lipinski definition) is 0. The molecule has 0 amide bonds. The van der Waals surface area contributed by atoms with Crippen LogP contribution in [-0.4, -0.2) is 9.13 Å². The Hall–Kier alpha value is -8.20. The van der Waals surface area contributed by atoms with Gasteiger partial charge in [0.15, 0.2) is 0 Å². The third-order valence-electron chi connectivity index (χ3n) is 13.1. The highest BCUT2D eigenvalue weighted by molar-refractivity contribution is 6.25. The van der Waals surface area contributed by atoms with Gasteiger partial charge in [0.1, 0.15) is 0 Å². The molecule has 0 aliphatic carbocycles. The lowest BCUT2D eigenvalue weighted by Gasteiger charge is -2.14. The van der Waals surface area contributed by atoms with Crippen molar-refractivity contribution in [1.29, 1.82) is 0 Å². The van der Waals surface area contributed by atoms with Gasteiger partial charge in [0, 0.05) is 32.9 Å². The zero-order valence-corrected chi connectivity index (χ0v) is 33.8. The summed E-state index contributed by atoms with van der Waals surface area (Å²) in [5.74, 6) is 0. The summed E-state index contributed by atoms with van der Waals surface area (Å²) in [5.41, 5.74) is 14.2. The third-order valence-corrected chi connectivity index (χ3v) is 13.1. The van der Waals surface area contributed by atoms with E-state index in [0.29, 0.717) is 0 Å². The molecule has 0 radical (unpaired) electrons. The van der Waals surface area contributed by atoms with Crippen molar-refractivity contribution >= 4 is 75.9 Å². The number of hydrogen-bond acceptors (Lipinski definition) is 0. The van der Waals surface area contributed by atoms with E-state index in [1.54, 1.807) is 0 Å². The van der Waals surface area contributed by atoms with E-state index in [0.717, 1.165) is 11.4 Å². The first-order valence-corrected chi connectivity index (χ1v) is 21.4. The molecule has 0 N–H and O–H groups in total. The normalized spacial score (nSPS) is 11.9. The number of benzene rings is 11. The predicted octanol–water partition coefficient (Wildman–Crippen LogP) is 16.3. The predicted molar refractivity (Wildman–Crippen MR) is 264 cm³/mol. The maximum absolute atomic E-state index is 2.46. The molecular weight excluding hydrogens is 749 g/mol. The Morgan fingerprint density at radius 2 is 0.597 bits per heavy atom. The van der Waals surface area contributed by atoms with E-state index in [4.69, 9.17) is 0 Å². The molecule has 13 rings (SSSR count). The van der Waals surface area contributed by atoms with Gasteiger partial charge in [-0.15, -0.1) is 0 Å². The minimum Gasteiger partial charge on any atom is -0.309 e. The summed E-state index contributed by atoms with van der Waals surface area (Å²) >= 11 is 0. The van der Waals surface area contributed by atoms with Crippen LogP contribution in [0.4, 0.5) is 0 Å². The third kappa shape index (κ3) is 5.30. The Balaban J connectivity index is 1.00. The molecule has 11 aromatic carbocycles. The topological polar surface area (TPSA) is 9.86 Å². The fraction of sp³-hybridized carbons (Fsp3) is 0. The first-order valence-electron chi connectivity index (χ1n) is 21.4. The molecule has 0 fully saturated rings. The summed E-state index contributed by atoms with van der Waals surface area (Å²) in [4.78, 5) is 0. The summed E-state index contributed by atoms with van der Waals surface area (Å²) in [5, 5.41) is 12.7. The van der Waals surface area contributed by atoms with E-state index in [9.17, 15) is 0 Å². The molecule has 0 unspecified atom stereocenters. The van der Waals surface area contributed by atoms with Crippen molar-refractivity contribution < 1.29 is 0 Å². The zero-order chi connectivity index (χ0) is 40.7. The molecular formula is C60H38N2. The lowest BCUT2D eigenvalue weighted by Crippen LogP contribution is -1.96. The summed E-state index contributed by atoms with van der Waals surface area (Å²) in [6, 6.07) is 84.8. The molecule has 288 valence electrons. The van der Waals surface area contributed by atoms with Crippen LogP contribution in [0.1, 0.15) is 0 Å². The van der Waals surface area contributed by atoms with E-state index >= 15 is 0 Å². The highest BCUT2D eigenvalue weighted by Gasteiger charge is 2.18. The molecule has 62 heavy (non-hydrogen) atoms. The zero-order valence-electron chi connectivity index (χ0n) is 33.8. The Morgan fingerprint density at radius 3 is 1.21 bits per heavy atom. The molecule has 2 nitrogen and oxygen atoms in total. The van der Waals surface area contributed by atoms with Gasteiger partial charge in [-0.3, -0.25) is 0 Å². The number of nitrogens with zero attached hydrogens (tertiary/aromatic N) is 2. The first-order chi connectivity index (χ1) is 30.7. The second-order valence-corrected chi connectivity index (χ2v) is 16.5. The number of aromatic nitrogens is 2. The molecule has 2 heteroatoms. The summed E-state index contributed by atoms with van der Waals surface area (Å²) in [7, 11) is 0. The van der Waals surface area contributed by atoms with Gasteiger partial charge in [-0.05, 0) is 126 Å². The standard InChI is InChI=1S/C60H38N2/c1-3-15-39(16-4-1)43-33-44(40-17-5-2-6-18-40)35-46(34-43)62-57-25-13-11-23-52(57)54-30-27-42(37-60(54)62)41-28-32-59-56(36-41)53-24-12-14-26-58(53)61(59)45-29-31-51-49-21-8-7-19-47(49)48-20-9-10-22-50(48)55(51)38-45/h1-38H. The van der Waals surface area contributed by atoms with Crippen LogP contribution in [0.25, 0.3) is 121 Å². The van der Waals surface area contributed by atoms with Gasteiger partial charge in [0.25, 0.3) is 0 Å². The van der Waals surface area contributed by atoms with Crippen LogP contribution in [-0.2, 0) is 0 Å². The Bertz CT molecular complexity index is 3810. The van der Waals surface area contributed by atoms with Gasteiger partial charge in [0.05, 0.1) is 22.1 Å². The minimum absolute atomic E-state index is 1.14. The van der Waals surface area contributed by atoms with Crippen molar-refractivity contribution in [3.05, 3.63) is 231 Å². The van der Waals surface area contributed by atoms with Crippen LogP contribution in [0.3, 0.4) is 0 Å². The molecule has 0 aliphatic rings. The molecule has 0 saturated heterocycles. The fourth-order valence-electron chi connectivity index (χ4n) is 10.2. The van der Waals surface area contributed by atoms with Crippen LogP contribution in [0.15, 0.2) is 231 Å². The average molecular weight is 787 g/mol. The number of rotatable bonds is 5. The van der Waals surface area contributed by atoms with E-state index < -0.39 is 0 Å². The van der Waals surface area contributed by atoms with Gasteiger partial charge in [-0.25, -0.2) is 0 Å². The highest BCUT2D eigenvalue weighted by atomic mass is 15.0. The average Bonchev–Trinajstić information content (AvgIpc) is 3.86. The van der Waals surface area contributed by atoms with Crippen LogP contribution in [0, 0.1) is 0 Å². The first kappa shape index (κ1) is 34.6. The van der Waals surface area contributed by atoms with E-state index in [2.05, 4.69) is 240 Å². The molecule has 0 spiro atoms. The van der Waals surface area contributed by atoms with Gasteiger partial charge in [-0.1, -0.05) is 170 Å². The van der Waals surface area contributed by atoms with Crippen molar-refractivity contribution in [2.24, 2.45) is 0 Å². The van der Waals surface area contributed by atoms with Crippen molar-refractivity contribution in [2.75, 3.05) is 0 Å². The van der Waals surface area contributed by atoms with Crippen LogP contribution >= 0.6 is 0 Å². The maximum atomic E-state index is 2.46. The monoisotopic (exact) mass is 786 g/mol. The van der Waals surface area contributed by atoms with Crippen molar-refractivity contribution in [3.8, 4) is 44.8 Å². The molecule has 13 aromatic rings. The maximum Gasteiger partial charge on any atom is 0.0547 e. The second-order valence-electron chi connectivity index (χ2n) is 16.5. The van der Waals surface area contributed by atoms with E-state index in [1.165, 1.54) is 109 Å². The summed E-state index contributed by atoms with van der Waals surface area (Å²) in [6.45, 7) is 0. The Kier molecular flexibility index (Phi) is 7.64.